The average Bonchev–Trinajstić information content (AvgIpc) is 3.89. The van der Waals surface area contributed by atoms with Crippen molar-refractivity contribution in [2.45, 2.75) is 44.1 Å². The second-order valence-electron chi connectivity index (χ2n) is 11.5. The van der Waals surface area contributed by atoms with E-state index in [1.807, 2.05) is 54.6 Å². The fourth-order valence-electron chi connectivity index (χ4n) is 5.61. The summed E-state index contributed by atoms with van der Waals surface area (Å²) < 4.78 is 22.7. The molecule has 0 fully saturated rings. The quantitative estimate of drug-likeness (QED) is 0.0348. The van der Waals surface area contributed by atoms with Crippen LogP contribution in [0, 0.1) is 0 Å². The summed E-state index contributed by atoms with van der Waals surface area (Å²) in [4.78, 5) is 22.1. The second kappa shape index (κ2) is 21.5. The molecule has 0 radical (unpaired) electrons. The molecule has 8 heteroatoms. The van der Waals surface area contributed by atoms with Gasteiger partial charge in [0.05, 0.1) is 27.2 Å². The topological polar surface area (TPSA) is 83.1 Å². The van der Waals surface area contributed by atoms with E-state index >= 15 is 0 Å². The number of carbonyl (C=O) groups is 2. The van der Waals surface area contributed by atoms with Crippen LogP contribution in [-0.2, 0) is 54.6 Å². The van der Waals surface area contributed by atoms with E-state index in [2.05, 4.69) is 78.1 Å². The van der Waals surface area contributed by atoms with Crippen molar-refractivity contribution in [3.63, 3.8) is 0 Å². The standard InChI is InChI=1S/C29H29O3.C13H18NO3.Fe/c1-30-27-18-14-25(15-19-27)29(24-12-4-3-5-13-24,26-16-20-28(31-2)21-17-26)32-22-8-11-23-9-6-7-10-23;1-14-12(15)8-9-13(16)17-10-4-7-11-5-2-3-6-11;/h3-7,9-10,12-21H,8,11,22H2,1-2H3;2-3,5-6H,4,7-10H2,1H3,(H,14,15);/q2*-1;+2. The zero-order valence-corrected chi connectivity index (χ0v) is 30.2. The van der Waals surface area contributed by atoms with Crippen molar-refractivity contribution >= 4 is 11.9 Å². The molecule has 264 valence electrons. The van der Waals surface area contributed by atoms with Crippen molar-refractivity contribution in [2.75, 3.05) is 34.5 Å². The summed E-state index contributed by atoms with van der Waals surface area (Å²) in [6, 6.07) is 43.3. The Morgan fingerprint density at radius 2 is 1.14 bits per heavy atom. The number of hydrogen-bond donors (Lipinski definition) is 1. The Kier molecular flexibility index (Phi) is 17.1. The number of methoxy groups -OCH3 is 2. The predicted molar refractivity (Wildman–Crippen MR) is 193 cm³/mol. The smallest absolute Gasteiger partial charge is 0.497 e. The molecule has 1 N–H and O–H groups in total. The van der Waals surface area contributed by atoms with Crippen LogP contribution in [0.5, 0.6) is 11.5 Å². The molecule has 5 aromatic rings. The number of amides is 1. The van der Waals surface area contributed by atoms with E-state index in [9.17, 15) is 9.59 Å². The summed E-state index contributed by atoms with van der Waals surface area (Å²) >= 11 is 0. The van der Waals surface area contributed by atoms with Gasteiger partial charge in [-0.15, -0.1) is 0 Å². The molecule has 5 rings (SSSR count). The molecule has 0 aromatic heterocycles. The van der Waals surface area contributed by atoms with Gasteiger partial charge in [0.2, 0.25) is 5.91 Å². The minimum atomic E-state index is -0.744. The fraction of sp³-hybridized carbons (Fsp3) is 0.286. The predicted octanol–water partition coefficient (Wildman–Crippen LogP) is 7.77. The molecule has 0 aliphatic heterocycles. The first kappa shape index (κ1) is 39.8. The van der Waals surface area contributed by atoms with E-state index in [-0.39, 0.29) is 41.8 Å². The van der Waals surface area contributed by atoms with Gasteiger partial charge >= 0.3 is 23.0 Å². The maximum absolute atomic E-state index is 11.2. The van der Waals surface area contributed by atoms with Crippen molar-refractivity contribution < 1.29 is 45.6 Å². The van der Waals surface area contributed by atoms with E-state index < -0.39 is 5.60 Å². The number of nitrogens with one attached hydrogen (secondary N) is 1. The van der Waals surface area contributed by atoms with Gasteiger partial charge in [0, 0.05) is 20.1 Å². The zero-order chi connectivity index (χ0) is 34.7. The Morgan fingerprint density at radius 3 is 1.60 bits per heavy atom. The van der Waals surface area contributed by atoms with Crippen LogP contribution in [0.25, 0.3) is 0 Å². The van der Waals surface area contributed by atoms with Gasteiger partial charge in [0.1, 0.15) is 17.1 Å². The minimum absolute atomic E-state index is 0. The SMILES string of the molecule is CNC(=O)CCC(=O)OCCCc1ccc[cH-]1.COc1ccc(C(OCCCc2ccc[cH-]2)(c2ccccc2)c2ccc(OC)cc2)cc1.[Fe+2]. The van der Waals surface area contributed by atoms with E-state index in [4.69, 9.17) is 18.9 Å². The first-order valence-corrected chi connectivity index (χ1v) is 16.7. The van der Waals surface area contributed by atoms with Crippen LogP contribution in [0.1, 0.15) is 53.5 Å². The molecule has 0 spiro atoms. The van der Waals surface area contributed by atoms with Crippen LogP contribution in [-0.4, -0.2) is 46.4 Å². The molecular weight excluding hydrogens is 670 g/mol. The van der Waals surface area contributed by atoms with Crippen molar-refractivity contribution in [1.29, 1.82) is 0 Å². The molecule has 0 saturated carbocycles. The van der Waals surface area contributed by atoms with Crippen molar-refractivity contribution in [2.24, 2.45) is 0 Å². The molecule has 0 heterocycles. The van der Waals surface area contributed by atoms with Gasteiger partial charge in [-0.2, -0.15) is 35.4 Å². The average molecular weight is 718 g/mol. The molecule has 1 amide bonds. The molecule has 0 bridgehead atoms. The number of ether oxygens (including phenoxy) is 4. The number of hydrogen-bond acceptors (Lipinski definition) is 6. The third-order valence-corrected chi connectivity index (χ3v) is 8.27. The first-order chi connectivity index (χ1) is 24.0. The van der Waals surface area contributed by atoms with E-state index in [0.717, 1.165) is 53.9 Å². The molecule has 0 aliphatic rings. The number of esters is 1. The third-order valence-electron chi connectivity index (χ3n) is 8.27. The van der Waals surface area contributed by atoms with Gasteiger partial charge in [-0.1, -0.05) is 54.6 Å². The summed E-state index contributed by atoms with van der Waals surface area (Å²) in [5, 5.41) is 2.46. The normalized spacial score (nSPS) is 10.6. The Hall–Kier alpha value is -4.62. The molecule has 5 aromatic carbocycles. The molecular formula is C42H47FeNO6. The van der Waals surface area contributed by atoms with Gasteiger partial charge < -0.3 is 24.3 Å². The van der Waals surface area contributed by atoms with E-state index in [1.165, 1.54) is 11.1 Å². The molecule has 0 unspecified atom stereocenters. The first-order valence-electron chi connectivity index (χ1n) is 16.7. The van der Waals surface area contributed by atoms with Crippen molar-refractivity contribution in [3.8, 4) is 11.5 Å². The largest absolute Gasteiger partial charge is 2.00 e. The Morgan fingerprint density at radius 1 is 0.640 bits per heavy atom. The van der Waals surface area contributed by atoms with Crippen LogP contribution in [0.2, 0.25) is 0 Å². The fourth-order valence-corrected chi connectivity index (χ4v) is 5.61. The maximum atomic E-state index is 11.2. The number of rotatable bonds is 17. The number of carbonyl (C=O) groups excluding carboxylic acids is 2. The Bertz CT molecular complexity index is 1590. The molecule has 0 saturated heterocycles. The van der Waals surface area contributed by atoms with Crippen LogP contribution < -0.4 is 14.8 Å². The summed E-state index contributed by atoms with van der Waals surface area (Å²) in [6.45, 7) is 1.04. The summed E-state index contributed by atoms with van der Waals surface area (Å²) in [5.74, 6) is 1.19. The third kappa shape index (κ3) is 11.8. The summed E-state index contributed by atoms with van der Waals surface area (Å²) in [6.07, 6.45) is 3.99. The van der Waals surface area contributed by atoms with Gasteiger partial charge in [-0.3, -0.25) is 9.59 Å². The van der Waals surface area contributed by atoms with Crippen molar-refractivity contribution in [3.05, 3.63) is 155 Å². The Balaban J connectivity index is 0.000000320. The molecule has 50 heavy (non-hydrogen) atoms. The molecule has 0 atom stereocenters. The second-order valence-corrected chi connectivity index (χ2v) is 11.5. The van der Waals surface area contributed by atoms with Gasteiger partial charge in [-0.25, -0.2) is 24.3 Å². The maximum Gasteiger partial charge on any atom is 2.00 e. The molecule has 7 nitrogen and oxygen atoms in total. The summed E-state index contributed by atoms with van der Waals surface area (Å²) in [5.41, 5.74) is 5.06. The zero-order valence-electron chi connectivity index (χ0n) is 29.1. The minimum Gasteiger partial charge on any atom is -0.497 e. The van der Waals surface area contributed by atoms with Gasteiger partial charge in [-0.05, 0) is 66.6 Å². The van der Waals surface area contributed by atoms with Gasteiger partial charge in [0.25, 0.3) is 0 Å². The monoisotopic (exact) mass is 717 g/mol. The van der Waals surface area contributed by atoms with E-state index in [0.29, 0.717) is 13.2 Å². The van der Waals surface area contributed by atoms with Crippen LogP contribution in [0.15, 0.2) is 127 Å². The van der Waals surface area contributed by atoms with Crippen LogP contribution in [0.3, 0.4) is 0 Å². The van der Waals surface area contributed by atoms with E-state index in [1.54, 1.807) is 21.3 Å². The summed E-state index contributed by atoms with van der Waals surface area (Å²) in [7, 11) is 4.92. The van der Waals surface area contributed by atoms with Crippen LogP contribution in [0.4, 0.5) is 0 Å². The van der Waals surface area contributed by atoms with Gasteiger partial charge in [0.15, 0.2) is 0 Å². The van der Waals surface area contributed by atoms with Crippen LogP contribution >= 0.6 is 0 Å². The Labute approximate surface area is 307 Å². The van der Waals surface area contributed by atoms with Crippen molar-refractivity contribution in [1.82, 2.24) is 5.32 Å². The number of benzene rings is 3. The molecule has 0 aliphatic carbocycles. The number of aryl methyl sites for hydroxylation is 2.